The number of hydrogen-bond donors (Lipinski definition) is 1. The van der Waals surface area contributed by atoms with Gasteiger partial charge in [0.15, 0.2) is 0 Å². The Morgan fingerprint density at radius 2 is 1.80 bits per heavy atom. The highest BCUT2D eigenvalue weighted by atomic mass is 19.1. The van der Waals surface area contributed by atoms with Crippen molar-refractivity contribution in [1.29, 1.82) is 0 Å². The van der Waals surface area contributed by atoms with Gasteiger partial charge in [-0.15, -0.1) is 0 Å². The molecule has 0 unspecified atom stereocenters. The summed E-state index contributed by atoms with van der Waals surface area (Å²) in [5, 5.41) is 3.09. The molecule has 0 heterocycles. The van der Waals surface area contributed by atoms with Crippen molar-refractivity contribution < 1.29 is 13.9 Å². The van der Waals surface area contributed by atoms with Gasteiger partial charge in [0.1, 0.15) is 11.6 Å². The molecule has 0 bridgehead atoms. The van der Waals surface area contributed by atoms with Crippen LogP contribution in [0.2, 0.25) is 0 Å². The molecule has 25 heavy (non-hydrogen) atoms. The minimum atomic E-state index is -0.519. The highest BCUT2D eigenvalue weighted by Gasteiger charge is 2.42. The zero-order valence-electron chi connectivity index (χ0n) is 14.6. The smallest absolute Gasteiger partial charge is 0.230 e. The fourth-order valence-electron chi connectivity index (χ4n) is 3.78. The standard InChI is InChI=1S/C21H24FNO2/c1-25-19-7-3-2-6-16(19)12-15-23-20(24)21(13-4-5-14-21)17-8-10-18(22)11-9-17/h2-3,6-11H,4-5,12-15H2,1H3,(H,23,24). The summed E-state index contributed by atoms with van der Waals surface area (Å²) in [5.74, 6) is 0.617. The van der Waals surface area contributed by atoms with Crippen molar-refractivity contribution in [3.8, 4) is 5.75 Å². The lowest BCUT2D eigenvalue weighted by atomic mass is 9.78. The van der Waals surface area contributed by atoms with Crippen molar-refractivity contribution in [1.82, 2.24) is 5.32 Å². The molecule has 4 heteroatoms. The van der Waals surface area contributed by atoms with Gasteiger partial charge in [-0.3, -0.25) is 4.79 Å². The Kier molecular flexibility index (Phi) is 5.37. The van der Waals surface area contributed by atoms with E-state index in [0.717, 1.165) is 49.0 Å². The zero-order valence-corrected chi connectivity index (χ0v) is 14.6. The first-order chi connectivity index (χ1) is 12.2. The summed E-state index contributed by atoms with van der Waals surface area (Å²) in [6.07, 6.45) is 4.40. The number of ether oxygens (including phenoxy) is 1. The summed E-state index contributed by atoms with van der Waals surface area (Å²) < 4.78 is 18.6. The molecular formula is C21H24FNO2. The van der Waals surface area contributed by atoms with Gasteiger partial charge in [0.2, 0.25) is 5.91 Å². The predicted molar refractivity (Wildman–Crippen MR) is 96.3 cm³/mol. The predicted octanol–water partition coefficient (Wildman–Crippen LogP) is 4.01. The van der Waals surface area contributed by atoms with Crippen molar-refractivity contribution in [3.63, 3.8) is 0 Å². The van der Waals surface area contributed by atoms with Gasteiger partial charge in [-0.2, -0.15) is 0 Å². The average molecular weight is 341 g/mol. The first-order valence-corrected chi connectivity index (χ1v) is 8.82. The van der Waals surface area contributed by atoms with E-state index in [2.05, 4.69) is 5.32 Å². The van der Waals surface area contributed by atoms with Crippen LogP contribution in [0.25, 0.3) is 0 Å². The molecule has 1 aliphatic rings. The lowest BCUT2D eigenvalue weighted by Crippen LogP contribution is -2.43. The van der Waals surface area contributed by atoms with E-state index in [1.54, 1.807) is 19.2 Å². The summed E-state index contributed by atoms with van der Waals surface area (Å²) in [6, 6.07) is 14.2. The molecule has 1 saturated carbocycles. The van der Waals surface area contributed by atoms with Gasteiger partial charge in [-0.1, -0.05) is 43.2 Å². The third-order valence-electron chi connectivity index (χ3n) is 5.16. The highest BCUT2D eigenvalue weighted by Crippen LogP contribution is 2.41. The van der Waals surface area contributed by atoms with Crippen LogP contribution in [-0.4, -0.2) is 19.6 Å². The van der Waals surface area contributed by atoms with E-state index in [9.17, 15) is 9.18 Å². The Hall–Kier alpha value is -2.36. The molecule has 2 aromatic carbocycles. The molecule has 1 amide bonds. The fourth-order valence-corrected chi connectivity index (χ4v) is 3.78. The third-order valence-corrected chi connectivity index (χ3v) is 5.16. The van der Waals surface area contributed by atoms with Crippen LogP contribution < -0.4 is 10.1 Å². The van der Waals surface area contributed by atoms with Crippen LogP contribution in [0, 0.1) is 5.82 Å². The maximum Gasteiger partial charge on any atom is 0.230 e. The first kappa shape index (κ1) is 17.5. The Bertz CT molecular complexity index is 721. The molecule has 0 aliphatic heterocycles. The van der Waals surface area contributed by atoms with Crippen molar-refractivity contribution in [2.45, 2.75) is 37.5 Å². The van der Waals surface area contributed by atoms with E-state index in [1.807, 2.05) is 24.3 Å². The number of halogens is 1. The summed E-state index contributed by atoms with van der Waals surface area (Å²) >= 11 is 0. The van der Waals surface area contributed by atoms with Gasteiger partial charge >= 0.3 is 0 Å². The number of benzene rings is 2. The van der Waals surface area contributed by atoms with Crippen LogP contribution in [-0.2, 0) is 16.6 Å². The van der Waals surface area contributed by atoms with E-state index in [0.29, 0.717) is 6.54 Å². The number of hydrogen-bond acceptors (Lipinski definition) is 2. The molecule has 2 aromatic rings. The van der Waals surface area contributed by atoms with Crippen LogP contribution in [0.15, 0.2) is 48.5 Å². The van der Waals surface area contributed by atoms with Crippen LogP contribution in [0.1, 0.15) is 36.8 Å². The molecular weight excluding hydrogens is 317 g/mol. The molecule has 3 rings (SSSR count). The minimum Gasteiger partial charge on any atom is -0.496 e. The molecule has 0 saturated heterocycles. The van der Waals surface area contributed by atoms with Crippen LogP contribution in [0.5, 0.6) is 5.75 Å². The zero-order chi connectivity index (χ0) is 17.7. The van der Waals surface area contributed by atoms with Crippen LogP contribution >= 0.6 is 0 Å². The minimum absolute atomic E-state index is 0.0477. The molecule has 1 fully saturated rings. The van der Waals surface area contributed by atoms with E-state index >= 15 is 0 Å². The average Bonchev–Trinajstić information content (AvgIpc) is 3.14. The quantitative estimate of drug-likeness (QED) is 0.862. The lowest BCUT2D eigenvalue weighted by molar-refractivity contribution is -0.126. The van der Waals surface area contributed by atoms with Crippen molar-refractivity contribution in [3.05, 3.63) is 65.5 Å². The molecule has 0 atom stereocenters. The number of para-hydroxylation sites is 1. The van der Waals surface area contributed by atoms with Gasteiger partial charge < -0.3 is 10.1 Å². The second kappa shape index (κ2) is 7.68. The fraction of sp³-hybridized carbons (Fsp3) is 0.381. The summed E-state index contributed by atoms with van der Waals surface area (Å²) in [5.41, 5.74) is 1.47. The summed E-state index contributed by atoms with van der Waals surface area (Å²) in [6.45, 7) is 0.558. The largest absolute Gasteiger partial charge is 0.496 e. The van der Waals surface area contributed by atoms with E-state index < -0.39 is 5.41 Å². The van der Waals surface area contributed by atoms with Gasteiger partial charge in [0.05, 0.1) is 12.5 Å². The molecule has 3 nitrogen and oxygen atoms in total. The first-order valence-electron chi connectivity index (χ1n) is 8.82. The summed E-state index contributed by atoms with van der Waals surface area (Å²) in [7, 11) is 1.65. The number of carbonyl (C=O) groups excluding carboxylic acids is 1. The molecule has 0 aromatic heterocycles. The van der Waals surface area contributed by atoms with Crippen molar-refractivity contribution in [2.24, 2.45) is 0 Å². The Morgan fingerprint density at radius 3 is 2.48 bits per heavy atom. The molecule has 0 radical (unpaired) electrons. The summed E-state index contributed by atoms with van der Waals surface area (Å²) in [4.78, 5) is 13.0. The molecule has 1 N–H and O–H groups in total. The van der Waals surface area contributed by atoms with Crippen LogP contribution in [0.3, 0.4) is 0 Å². The third kappa shape index (κ3) is 3.68. The van der Waals surface area contributed by atoms with Gasteiger partial charge in [-0.25, -0.2) is 4.39 Å². The maximum absolute atomic E-state index is 13.2. The van der Waals surface area contributed by atoms with E-state index in [4.69, 9.17) is 4.74 Å². The Balaban J connectivity index is 1.69. The van der Waals surface area contributed by atoms with Gasteiger partial charge in [-0.05, 0) is 48.6 Å². The normalized spacial score (nSPS) is 15.8. The van der Waals surface area contributed by atoms with Gasteiger partial charge in [0, 0.05) is 6.54 Å². The second-order valence-electron chi connectivity index (χ2n) is 6.61. The second-order valence-corrected chi connectivity index (χ2v) is 6.61. The SMILES string of the molecule is COc1ccccc1CCNC(=O)C1(c2ccc(F)cc2)CCCC1. The molecule has 132 valence electrons. The molecule has 1 aliphatic carbocycles. The Morgan fingerprint density at radius 1 is 1.12 bits per heavy atom. The monoisotopic (exact) mass is 341 g/mol. The number of nitrogens with one attached hydrogen (secondary N) is 1. The van der Waals surface area contributed by atoms with E-state index in [-0.39, 0.29) is 11.7 Å². The number of amides is 1. The van der Waals surface area contributed by atoms with Gasteiger partial charge in [0.25, 0.3) is 0 Å². The van der Waals surface area contributed by atoms with Crippen molar-refractivity contribution in [2.75, 3.05) is 13.7 Å². The number of methoxy groups -OCH3 is 1. The maximum atomic E-state index is 13.2. The lowest BCUT2D eigenvalue weighted by Gasteiger charge is -2.28. The number of carbonyl (C=O) groups is 1. The van der Waals surface area contributed by atoms with Crippen molar-refractivity contribution >= 4 is 5.91 Å². The van der Waals surface area contributed by atoms with E-state index in [1.165, 1.54) is 12.1 Å². The topological polar surface area (TPSA) is 38.3 Å². The molecule has 0 spiro atoms. The highest BCUT2D eigenvalue weighted by molar-refractivity contribution is 5.88. The Labute approximate surface area is 148 Å². The van der Waals surface area contributed by atoms with Crippen LogP contribution in [0.4, 0.5) is 4.39 Å². The number of rotatable bonds is 6.